The van der Waals surface area contributed by atoms with Crippen molar-refractivity contribution in [2.45, 2.75) is 44.8 Å². The summed E-state index contributed by atoms with van der Waals surface area (Å²) in [5.74, 6) is 0.814. The number of rotatable bonds is 4. The summed E-state index contributed by atoms with van der Waals surface area (Å²) in [6.07, 6.45) is 4.89. The van der Waals surface area contributed by atoms with E-state index in [1.165, 1.54) is 12.8 Å². The summed E-state index contributed by atoms with van der Waals surface area (Å²) in [5, 5.41) is 9.01. The molecule has 66 valence electrons. The Morgan fingerprint density at radius 2 is 2.18 bits per heavy atom. The van der Waals surface area contributed by atoms with Crippen molar-refractivity contribution in [2.24, 2.45) is 5.92 Å². The lowest BCUT2D eigenvalue weighted by atomic mass is 9.79. The van der Waals surface area contributed by atoms with Gasteiger partial charge in [-0.25, -0.2) is 0 Å². The van der Waals surface area contributed by atoms with Crippen LogP contribution in [-0.4, -0.2) is 24.4 Å². The van der Waals surface area contributed by atoms with Gasteiger partial charge in [0.1, 0.15) is 0 Å². The first-order valence-corrected chi connectivity index (χ1v) is 4.43. The Morgan fingerprint density at radius 3 is 2.64 bits per heavy atom. The topological polar surface area (TPSA) is 29.5 Å². The molecule has 0 heterocycles. The first-order valence-electron chi connectivity index (χ1n) is 4.43. The molecule has 0 saturated heterocycles. The van der Waals surface area contributed by atoms with Crippen LogP contribution >= 0.6 is 0 Å². The van der Waals surface area contributed by atoms with Gasteiger partial charge in [-0.15, -0.1) is 0 Å². The minimum Gasteiger partial charge on any atom is -0.393 e. The number of hydrogen-bond donors (Lipinski definition) is 1. The van der Waals surface area contributed by atoms with Crippen LogP contribution in [-0.2, 0) is 4.74 Å². The van der Waals surface area contributed by atoms with Crippen LogP contribution in [0, 0.1) is 5.92 Å². The van der Waals surface area contributed by atoms with Crippen molar-refractivity contribution < 1.29 is 9.84 Å². The quantitative estimate of drug-likeness (QED) is 0.673. The zero-order valence-electron chi connectivity index (χ0n) is 7.42. The SMILES string of the molecule is COC1CC(CC[C@H](C)O)C1. The van der Waals surface area contributed by atoms with E-state index >= 15 is 0 Å². The molecule has 1 saturated carbocycles. The van der Waals surface area contributed by atoms with Gasteiger partial charge in [-0.1, -0.05) is 0 Å². The first kappa shape index (κ1) is 9.01. The van der Waals surface area contributed by atoms with Gasteiger partial charge in [-0.05, 0) is 38.5 Å². The lowest BCUT2D eigenvalue weighted by Crippen LogP contribution is -2.30. The van der Waals surface area contributed by atoms with Gasteiger partial charge in [0.15, 0.2) is 0 Å². The third kappa shape index (κ3) is 2.80. The lowest BCUT2D eigenvalue weighted by Gasteiger charge is -2.34. The van der Waals surface area contributed by atoms with Crippen LogP contribution in [0.25, 0.3) is 0 Å². The highest BCUT2D eigenvalue weighted by molar-refractivity contribution is 4.79. The summed E-state index contributed by atoms with van der Waals surface area (Å²) >= 11 is 0. The fraction of sp³-hybridized carbons (Fsp3) is 1.00. The molecule has 0 aromatic rings. The number of aliphatic hydroxyl groups is 1. The van der Waals surface area contributed by atoms with Gasteiger partial charge in [0.05, 0.1) is 12.2 Å². The van der Waals surface area contributed by atoms with E-state index in [-0.39, 0.29) is 6.10 Å². The van der Waals surface area contributed by atoms with E-state index in [9.17, 15) is 0 Å². The molecule has 1 aliphatic carbocycles. The molecule has 1 fully saturated rings. The molecule has 1 N–H and O–H groups in total. The van der Waals surface area contributed by atoms with Crippen LogP contribution in [0.3, 0.4) is 0 Å². The van der Waals surface area contributed by atoms with E-state index in [4.69, 9.17) is 9.84 Å². The molecule has 1 aliphatic rings. The Balaban J connectivity index is 1.96. The van der Waals surface area contributed by atoms with E-state index in [0.29, 0.717) is 6.10 Å². The maximum Gasteiger partial charge on any atom is 0.0576 e. The van der Waals surface area contributed by atoms with E-state index in [1.54, 1.807) is 7.11 Å². The predicted octanol–water partition coefficient (Wildman–Crippen LogP) is 1.57. The van der Waals surface area contributed by atoms with Crippen LogP contribution < -0.4 is 0 Å². The normalized spacial score (nSPS) is 33.0. The van der Waals surface area contributed by atoms with Crippen molar-refractivity contribution in [3.63, 3.8) is 0 Å². The summed E-state index contributed by atoms with van der Waals surface area (Å²) in [6, 6.07) is 0. The van der Waals surface area contributed by atoms with Gasteiger partial charge in [-0.3, -0.25) is 0 Å². The Hall–Kier alpha value is -0.0800. The highest BCUT2D eigenvalue weighted by atomic mass is 16.5. The zero-order valence-corrected chi connectivity index (χ0v) is 7.42. The van der Waals surface area contributed by atoms with Gasteiger partial charge in [0.2, 0.25) is 0 Å². The number of ether oxygens (including phenoxy) is 1. The lowest BCUT2D eigenvalue weighted by molar-refractivity contribution is -0.00559. The van der Waals surface area contributed by atoms with E-state index < -0.39 is 0 Å². The Kier molecular flexibility index (Phi) is 3.34. The Labute approximate surface area is 68.6 Å². The fourth-order valence-electron chi connectivity index (χ4n) is 1.58. The standard InChI is InChI=1S/C9H18O2/c1-7(10)3-4-8-5-9(6-8)11-2/h7-10H,3-6H2,1-2H3/t7-,8?,9?/m0/s1. The van der Waals surface area contributed by atoms with Gasteiger partial charge in [0, 0.05) is 7.11 Å². The molecule has 0 aromatic carbocycles. The summed E-state index contributed by atoms with van der Waals surface area (Å²) in [4.78, 5) is 0. The summed E-state index contributed by atoms with van der Waals surface area (Å²) in [6.45, 7) is 1.85. The number of methoxy groups -OCH3 is 1. The fourth-order valence-corrected chi connectivity index (χ4v) is 1.58. The van der Waals surface area contributed by atoms with E-state index in [1.807, 2.05) is 6.92 Å². The molecule has 2 nitrogen and oxygen atoms in total. The average Bonchev–Trinajstić information content (AvgIpc) is 1.84. The maximum absolute atomic E-state index is 9.01. The monoisotopic (exact) mass is 158 g/mol. The second-order valence-corrected chi connectivity index (χ2v) is 3.62. The van der Waals surface area contributed by atoms with E-state index in [0.717, 1.165) is 18.8 Å². The first-order chi connectivity index (χ1) is 5.22. The highest BCUT2D eigenvalue weighted by Crippen LogP contribution is 2.33. The molecular formula is C9H18O2. The molecule has 0 bridgehead atoms. The van der Waals surface area contributed by atoms with Crippen molar-refractivity contribution in [2.75, 3.05) is 7.11 Å². The summed E-state index contributed by atoms with van der Waals surface area (Å²) in [5.41, 5.74) is 0. The van der Waals surface area contributed by atoms with Crippen LogP contribution in [0.15, 0.2) is 0 Å². The van der Waals surface area contributed by atoms with Crippen molar-refractivity contribution in [3.05, 3.63) is 0 Å². The van der Waals surface area contributed by atoms with Crippen molar-refractivity contribution in [1.29, 1.82) is 0 Å². The molecule has 0 aromatic heterocycles. The molecule has 1 rings (SSSR count). The smallest absolute Gasteiger partial charge is 0.0576 e. The molecule has 0 amide bonds. The van der Waals surface area contributed by atoms with E-state index in [2.05, 4.69) is 0 Å². The largest absolute Gasteiger partial charge is 0.393 e. The molecule has 11 heavy (non-hydrogen) atoms. The number of aliphatic hydroxyl groups excluding tert-OH is 1. The third-order valence-corrected chi connectivity index (χ3v) is 2.52. The highest BCUT2D eigenvalue weighted by Gasteiger charge is 2.28. The summed E-state index contributed by atoms with van der Waals surface area (Å²) in [7, 11) is 1.77. The predicted molar refractivity (Wildman–Crippen MR) is 44.4 cm³/mol. The zero-order chi connectivity index (χ0) is 8.27. The molecular weight excluding hydrogens is 140 g/mol. The minimum atomic E-state index is -0.128. The molecule has 1 atom stereocenters. The van der Waals surface area contributed by atoms with Crippen LogP contribution in [0.1, 0.15) is 32.6 Å². The second kappa shape index (κ2) is 4.07. The Morgan fingerprint density at radius 1 is 1.55 bits per heavy atom. The van der Waals surface area contributed by atoms with Crippen molar-refractivity contribution in [1.82, 2.24) is 0 Å². The van der Waals surface area contributed by atoms with Crippen molar-refractivity contribution in [3.8, 4) is 0 Å². The van der Waals surface area contributed by atoms with Gasteiger partial charge < -0.3 is 9.84 Å². The average molecular weight is 158 g/mol. The molecule has 0 radical (unpaired) electrons. The van der Waals surface area contributed by atoms with Gasteiger partial charge in [0.25, 0.3) is 0 Å². The molecule has 0 spiro atoms. The van der Waals surface area contributed by atoms with Crippen LogP contribution in [0.5, 0.6) is 0 Å². The van der Waals surface area contributed by atoms with Gasteiger partial charge in [-0.2, -0.15) is 0 Å². The molecule has 0 unspecified atom stereocenters. The minimum absolute atomic E-state index is 0.128. The van der Waals surface area contributed by atoms with Crippen LogP contribution in [0.2, 0.25) is 0 Å². The molecule has 0 aliphatic heterocycles. The van der Waals surface area contributed by atoms with Gasteiger partial charge >= 0.3 is 0 Å². The molecule has 2 heteroatoms. The maximum atomic E-state index is 9.01. The number of hydrogen-bond acceptors (Lipinski definition) is 2. The summed E-state index contributed by atoms with van der Waals surface area (Å²) < 4.78 is 5.16. The van der Waals surface area contributed by atoms with Crippen molar-refractivity contribution >= 4 is 0 Å². The van der Waals surface area contributed by atoms with Crippen LogP contribution in [0.4, 0.5) is 0 Å². The second-order valence-electron chi connectivity index (χ2n) is 3.62. The third-order valence-electron chi connectivity index (χ3n) is 2.52. The Bertz CT molecular complexity index is 106.